The second kappa shape index (κ2) is 5.09. The quantitative estimate of drug-likeness (QED) is 0.905. The van der Waals surface area contributed by atoms with E-state index in [1.165, 1.54) is 6.33 Å². The fraction of sp³-hybridized carbons (Fsp3) is 0.308. The van der Waals surface area contributed by atoms with Gasteiger partial charge in [-0.15, -0.1) is 10.2 Å². The molecule has 0 atom stereocenters. The van der Waals surface area contributed by atoms with Crippen LogP contribution < -0.4 is 15.2 Å². The summed E-state index contributed by atoms with van der Waals surface area (Å²) < 4.78 is 10.8. The zero-order valence-electron chi connectivity index (χ0n) is 11.4. The molecule has 0 amide bonds. The van der Waals surface area contributed by atoms with E-state index in [0.29, 0.717) is 17.3 Å². The normalized spacial score (nSPS) is 10.3. The van der Waals surface area contributed by atoms with Crippen molar-refractivity contribution < 1.29 is 9.47 Å². The molecule has 1 heterocycles. The molecule has 2 rings (SSSR count). The van der Waals surface area contributed by atoms with E-state index in [1.807, 2.05) is 19.9 Å². The Morgan fingerprint density at radius 2 is 1.84 bits per heavy atom. The minimum Gasteiger partial charge on any atom is -0.496 e. The lowest BCUT2D eigenvalue weighted by atomic mass is 10.0. The summed E-state index contributed by atoms with van der Waals surface area (Å²) in [5.41, 5.74) is 9.04. The molecule has 6 nitrogen and oxygen atoms in total. The maximum Gasteiger partial charge on any atom is 0.153 e. The molecule has 1 aromatic heterocycles. The number of aromatic nitrogens is 3. The Morgan fingerprint density at radius 1 is 1.11 bits per heavy atom. The second-order valence-corrected chi connectivity index (χ2v) is 4.10. The molecule has 2 N–H and O–H groups in total. The zero-order chi connectivity index (χ0) is 14.0. The van der Waals surface area contributed by atoms with Crippen LogP contribution in [0.2, 0.25) is 0 Å². The van der Waals surface area contributed by atoms with Gasteiger partial charge < -0.3 is 15.2 Å². The number of ether oxygens (including phenoxy) is 2. The monoisotopic (exact) mass is 260 g/mol. The first-order valence-electron chi connectivity index (χ1n) is 5.75. The Kier molecular flexibility index (Phi) is 3.50. The number of hydrogen-bond acceptors (Lipinski definition) is 6. The topological polar surface area (TPSA) is 83.2 Å². The van der Waals surface area contributed by atoms with Gasteiger partial charge in [-0.1, -0.05) is 0 Å². The Balaban J connectivity index is 2.76. The van der Waals surface area contributed by atoms with Crippen molar-refractivity contribution in [3.63, 3.8) is 0 Å². The minimum absolute atomic E-state index is 0.304. The van der Waals surface area contributed by atoms with Crippen molar-refractivity contribution in [2.24, 2.45) is 0 Å². The van der Waals surface area contributed by atoms with E-state index < -0.39 is 0 Å². The zero-order valence-corrected chi connectivity index (χ0v) is 11.4. The molecular formula is C13H16N4O2. The molecule has 100 valence electrons. The number of methoxy groups -OCH3 is 2. The van der Waals surface area contributed by atoms with E-state index in [0.717, 1.165) is 22.4 Å². The van der Waals surface area contributed by atoms with Crippen molar-refractivity contribution in [2.45, 2.75) is 13.8 Å². The Hall–Kier alpha value is -2.37. The molecule has 0 radical (unpaired) electrons. The Bertz CT molecular complexity index is 614. The Labute approximate surface area is 111 Å². The third-order valence-corrected chi connectivity index (χ3v) is 3.12. The van der Waals surface area contributed by atoms with Gasteiger partial charge in [0.25, 0.3) is 0 Å². The van der Waals surface area contributed by atoms with E-state index >= 15 is 0 Å². The van der Waals surface area contributed by atoms with E-state index in [-0.39, 0.29) is 0 Å². The van der Waals surface area contributed by atoms with E-state index in [4.69, 9.17) is 15.2 Å². The maximum absolute atomic E-state index is 5.85. The van der Waals surface area contributed by atoms with Crippen molar-refractivity contribution in [3.8, 4) is 22.8 Å². The molecule has 0 fully saturated rings. The van der Waals surface area contributed by atoms with Crippen LogP contribution in [0.5, 0.6) is 11.5 Å². The summed E-state index contributed by atoms with van der Waals surface area (Å²) >= 11 is 0. The number of hydrogen-bond donors (Lipinski definition) is 1. The second-order valence-electron chi connectivity index (χ2n) is 4.10. The van der Waals surface area contributed by atoms with E-state index in [1.54, 1.807) is 14.2 Å². The van der Waals surface area contributed by atoms with Crippen LogP contribution in [-0.2, 0) is 0 Å². The van der Waals surface area contributed by atoms with Gasteiger partial charge in [-0.2, -0.15) is 0 Å². The molecule has 0 aliphatic heterocycles. The maximum atomic E-state index is 5.85. The van der Waals surface area contributed by atoms with Crippen molar-refractivity contribution >= 4 is 5.82 Å². The smallest absolute Gasteiger partial charge is 0.153 e. The molecule has 0 unspecified atom stereocenters. The lowest BCUT2D eigenvalue weighted by Crippen LogP contribution is -2.03. The highest BCUT2D eigenvalue weighted by Crippen LogP contribution is 2.39. The number of anilines is 1. The summed E-state index contributed by atoms with van der Waals surface area (Å²) in [5.74, 6) is 1.75. The van der Waals surface area contributed by atoms with Gasteiger partial charge in [0.15, 0.2) is 5.82 Å². The van der Waals surface area contributed by atoms with Crippen molar-refractivity contribution in [1.82, 2.24) is 15.2 Å². The highest BCUT2D eigenvalue weighted by atomic mass is 16.5. The molecule has 19 heavy (non-hydrogen) atoms. The van der Waals surface area contributed by atoms with Gasteiger partial charge in [0, 0.05) is 0 Å². The fourth-order valence-corrected chi connectivity index (χ4v) is 1.99. The molecular weight excluding hydrogens is 244 g/mol. The van der Waals surface area contributed by atoms with Crippen LogP contribution in [0.15, 0.2) is 12.4 Å². The molecule has 0 spiro atoms. The number of nitrogens with two attached hydrogens (primary N) is 1. The van der Waals surface area contributed by atoms with Gasteiger partial charge in [-0.25, -0.2) is 4.98 Å². The molecule has 0 saturated heterocycles. The average Bonchev–Trinajstić information content (AvgIpc) is 2.42. The van der Waals surface area contributed by atoms with E-state index in [2.05, 4.69) is 15.2 Å². The number of nitrogen functional groups attached to an aromatic ring is 1. The van der Waals surface area contributed by atoms with Gasteiger partial charge in [0.1, 0.15) is 23.5 Å². The third kappa shape index (κ3) is 2.16. The van der Waals surface area contributed by atoms with Gasteiger partial charge in [-0.05, 0) is 31.0 Å². The van der Waals surface area contributed by atoms with Gasteiger partial charge in [0.2, 0.25) is 0 Å². The first kappa shape index (κ1) is 13.1. The van der Waals surface area contributed by atoms with Crippen LogP contribution in [0.4, 0.5) is 5.82 Å². The fourth-order valence-electron chi connectivity index (χ4n) is 1.99. The number of nitrogens with zero attached hydrogens (tertiary/aromatic N) is 3. The van der Waals surface area contributed by atoms with Crippen LogP contribution in [0.1, 0.15) is 11.1 Å². The van der Waals surface area contributed by atoms with Crippen LogP contribution in [-0.4, -0.2) is 29.4 Å². The number of rotatable bonds is 3. The highest BCUT2D eigenvalue weighted by molar-refractivity contribution is 5.78. The average molecular weight is 260 g/mol. The summed E-state index contributed by atoms with van der Waals surface area (Å²) in [6.07, 6.45) is 1.31. The van der Waals surface area contributed by atoms with Gasteiger partial charge >= 0.3 is 0 Å². The van der Waals surface area contributed by atoms with Crippen molar-refractivity contribution in [2.75, 3.05) is 20.0 Å². The predicted octanol–water partition coefficient (Wildman–Crippen LogP) is 1.75. The first-order valence-corrected chi connectivity index (χ1v) is 5.75. The molecule has 2 aromatic rings. The summed E-state index contributed by atoms with van der Waals surface area (Å²) in [6, 6.07) is 1.84. The SMILES string of the molecule is COc1cc(-c2nncnc2N)c(OC)c(C)c1C. The van der Waals surface area contributed by atoms with Crippen LogP contribution in [0.25, 0.3) is 11.3 Å². The Morgan fingerprint density at radius 3 is 2.42 bits per heavy atom. The molecule has 6 heteroatoms. The highest BCUT2D eigenvalue weighted by Gasteiger charge is 2.18. The van der Waals surface area contributed by atoms with Crippen LogP contribution >= 0.6 is 0 Å². The minimum atomic E-state index is 0.304. The number of benzene rings is 1. The largest absolute Gasteiger partial charge is 0.496 e. The van der Waals surface area contributed by atoms with E-state index in [9.17, 15) is 0 Å². The van der Waals surface area contributed by atoms with Crippen LogP contribution in [0.3, 0.4) is 0 Å². The summed E-state index contributed by atoms with van der Waals surface area (Å²) in [6.45, 7) is 3.93. The molecule has 0 bridgehead atoms. The standard InChI is InChI=1S/C13H16N4O2/c1-7-8(2)12(19-4)9(5-10(7)18-3)11-13(14)15-6-16-17-11/h5-6H,1-4H3,(H2,14,15,16). The first-order chi connectivity index (χ1) is 9.10. The molecule has 0 aliphatic rings. The lowest BCUT2D eigenvalue weighted by molar-refractivity contribution is 0.399. The summed E-state index contributed by atoms with van der Waals surface area (Å²) in [5, 5.41) is 7.80. The van der Waals surface area contributed by atoms with Gasteiger partial charge in [0.05, 0.1) is 19.8 Å². The van der Waals surface area contributed by atoms with Crippen molar-refractivity contribution in [3.05, 3.63) is 23.5 Å². The third-order valence-electron chi connectivity index (χ3n) is 3.12. The molecule has 0 saturated carbocycles. The van der Waals surface area contributed by atoms with Gasteiger partial charge in [-0.3, -0.25) is 0 Å². The van der Waals surface area contributed by atoms with Crippen LogP contribution in [0, 0.1) is 13.8 Å². The summed E-state index contributed by atoms with van der Waals surface area (Å²) in [7, 11) is 3.23. The lowest BCUT2D eigenvalue weighted by Gasteiger charge is -2.16. The molecule has 1 aromatic carbocycles. The molecule has 0 aliphatic carbocycles. The summed E-state index contributed by atoms with van der Waals surface area (Å²) in [4.78, 5) is 3.95. The van der Waals surface area contributed by atoms with Crippen molar-refractivity contribution in [1.29, 1.82) is 0 Å². The predicted molar refractivity (Wildman–Crippen MR) is 72.3 cm³/mol.